The molecule has 2 aromatic carbocycles. The quantitative estimate of drug-likeness (QED) is 0.686. The summed E-state index contributed by atoms with van der Waals surface area (Å²) in [6.45, 7) is 7.07. The van der Waals surface area contributed by atoms with Crippen molar-refractivity contribution >= 4 is 17.5 Å². The number of anilines is 1. The highest BCUT2D eigenvalue weighted by Crippen LogP contribution is 2.27. The zero-order valence-corrected chi connectivity index (χ0v) is 17.8. The number of amides is 2. The third kappa shape index (κ3) is 5.60. The Balaban J connectivity index is 1.64. The minimum atomic E-state index is -0.715. The van der Waals surface area contributed by atoms with Gasteiger partial charge in [0.25, 0.3) is 11.8 Å². The van der Waals surface area contributed by atoms with Crippen molar-refractivity contribution in [1.82, 2.24) is 5.32 Å². The van der Waals surface area contributed by atoms with Crippen LogP contribution in [0.5, 0.6) is 5.75 Å². The summed E-state index contributed by atoms with van der Waals surface area (Å²) in [5.74, 6) is 0.426. The summed E-state index contributed by atoms with van der Waals surface area (Å²) < 4.78 is 11.5. The van der Waals surface area contributed by atoms with E-state index >= 15 is 0 Å². The lowest BCUT2D eigenvalue weighted by Crippen LogP contribution is -2.34. The largest absolute Gasteiger partial charge is 0.481 e. The number of hydrogen-bond donors (Lipinski definition) is 2. The van der Waals surface area contributed by atoms with E-state index in [0.29, 0.717) is 23.5 Å². The molecule has 2 atom stereocenters. The summed E-state index contributed by atoms with van der Waals surface area (Å²) in [7, 11) is 0. The molecule has 3 rings (SSSR count). The Bertz CT molecular complexity index is 875. The molecule has 0 aliphatic carbocycles. The maximum absolute atomic E-state index is 12.8. The lowest BCUT2D eigenvalue weighted by molar-refractivity contribution is -0.122. The van der Waals surface area contributed by atoms with Crippen LogP contribution in [0.15, 0.2) is 48.5 Å². The van der Waals surface area contributed by atoms with Crippen molar-refractivity contribution in [3.63, 3.8) is 0 Å². The molecule has 0 bridgehead atoms. The van der Waals surface area contributed by atoms with E-state index in [1.54, 1.807) is 31.2 Å². The van der Waals surface area contributed by atoms with Crippen molar-refractivity contribution < 1.29 is 19.1 Å². The molecular formula is C24H30N2O4. The molecule has 1 heterocycles. The summed E-state index contributed by atoms with van der Waals surface area (Å²) in [5.41, 5.74) is 1.92. The maximum atomic E-state index is 12.8. The number of rotatable bonds is 8. The number of benzene rings is 2. The lowest BCUT2D eigenvalue weighted by atomic mass is 10.0. The molecule has 160 valence electrons. The van der Waals surface area contributed by atoms with Crippen LogP contribution in [0.2, 0.25) is 0 Å². The van der Waals surface area contributed by atoms with Crippen molar-refractivity contribution in [1.29, 1.82) is 0 Å². The van der Waals surface area contributed by atoms with Gasteiger partial charge in [0.15, 0.2) is 6.10 Å². The van der Waals surface area contributed by atoms with E-state index in [2.05, 4.69) is 24.5 Å². The monoisotopic (exact) mass is 410 g/mol. The Morgan fingerprint density at radius 2 is 1.83 bits per heavy atom. The van der Waals surface area contributed by atoms with Crippen LogP contribution in [0.25, 0.3) is 0 Å². The van der Waals surface area contributed by atoms with Gasteiger partial charge in [-0.05, 0) is 49.4 Å². The number of para-hydroxylation sites is 2. The Kier molecular flexibility index (Phi) is 7.46. The van der Waals surface area contributed by atoms with Gasteiger partial charge in [0.05, 0.1) is 17.4 Å². The van der Waals surface area contributed by atoms with Crippen LogP contribution < -0.4 is 15.4 Å². The van der Waals surface area contributed by atoms with Crippen molar-refractivity contribution in [3.8, 4) is 5.75 Å². The summed E-state index contributed by atoms with van der Waals surface area (Å²) in [4.78, 5) is 25.4. The summed E-state index contributed by atoms with van der Waals surface area (Å²) >= 11 is 0. The van der Waals surface area contributed by atoms with Gasteiger partial charge in [0.1, 0.15) is 5.75 Å². The average molecular weight is 411 g/mol. The molecule has 0 saturated carbocycles. The van der Waals surface area contributed by atoms with Gasteiger partial charge >= 0.3 is 0 Å². The first kappa shape index (κ1) is 21.8. The second kappa shape index (κ2) is 10.3. The molecule has 1 saturated heterocycles. The van der Waals surface area contributed by atoms with Crippen LogP contribution in [-0.4, -0.2) is 37.2 Å². The SMILES string of the molecule is CC(C)c1ccccc1O[C@H](C)C(=O)Nc1ccccc1C(=O)NC[C@@H]1CCCO1. The van der Waals surface area contributed by atoms with Crippen LogP contribution >= 0.6 is 0 Å². The third-order valence-electron chi connectivity index (χ3n) is 5.16. The summed E-state index contributed by atoms with van der Waals surface area (Å²) in [5, 5.41) is 5.73. The number of carbonyl (C=O) groups excluding carboxylic acids is 2. The summed E-state index contributed by atoms with van der Waals surface area (Å²) in [6, 6.07) is 14.7. The molecule has 30 heavy (non-hydrogen) atoms. The fourth-order valence-electron chi connectivity index (χ4n) is 3.44. The predicted molar refractivity (Wildman–Crippen MR) is 117 cm³/mol. The zero-order valence-electron chi connectivity index (χ0n) is 17.8. The Morgan fingerprint density at radius 1 is 1.10 bits per heavy atom. The van der Waals surface area contributed by atoms with Crippen LogP contribution in [0, 0.1) is 0 Å². The normalized spacial score (nSPS) is 16.9. The van der Waals surface area contributed by atoms with E-state index in [9.17, 15) is 9.59 Å². The van der Waals surface area contributed by atoms with Crippen molar-refractivity contribution in [2.45, 2.75) is 51.7 Å². The van der Waals surface area contributed by atoms with Crippen molar-refractivity contribution in [2.24, 2.45) is 0 Å². The fourth-order valence-corrected chi connectivity index (χ4v) is 3.44. The molecule has 2 amide bonds. The first-order valence-electron chi connectivity index (χ1n) is 10.5. The van der Waals surface area contributed by atoms with Gasteiger partial charge < -0.3 is 20.1 Å². The highest BCUT2D eigenvalue weighted by atomic mass is 16.5. The third-order valence-corrected chi connectivity index (χ3v) is 5.16. The molecule has 1 aliphatic rings. The van der Waals surface area contributed by atoms with Crippen LogP contribution in [0.1, 0.15) is 55.5 Å². The fraction of sp³-hybridized carbons (Fsp3) is 0.417. The first-order valence-corrected chi connectivity index (χ1v) is 10.5. The molecule has 0 aromatic heterocycles. The minimum Gasteiger partial charge on any atom is -0.481 e. The van der Waals surface area contributed by atoms with E-state index in [0.717, 1.165) is 25.0 Å². The Morgan fingerprint density at radius 3 is 2.57 bits per heavy atom. The van der Waals surface area contributed by atoms with E-state index in [1.165, 1.54) is 0 Å². The van der Waals surface area contributed by atoms with E-state index in [-0.39, 0.29) is 23.8 Å². The topological polar surface area (TPSA) is 76.7 Å². The van der Waals surface area contributed by atoms with Gasteiger partial charge in [-0.1, -0.05) is 44.2 Å². The molecule has 1 aliphatic heterocycles. The second-order valence-electron chi connectivity index (χ2n) is 7.83. The van der Waals surface area contributed by atoms with Gasteiger partial charge in [0, 0.05) is 13.2 Å². The highest BCUT2D eigenvalue weighted by Gasteiger charge is 2.21. The summed E-state index contributed by atoms with van der Waals surface area (Å²) in [6.07, 6.45) is 1.31. The maximum Gasteiger partial charge on any atom is 0.265 e. The standard InChI is InChI=1S/C24H30N2O4/c1-16(2)19-10-5-7-13-22(19)30-17(3)23(27)26-21-12-6-4-11-20(21)24(28)25-15-18-9-8-14-29-18/h4-7,10-13,16-18H,8-9,14-15H2,1-3H3,(H,25,28)(H,26,27)/t17-,18+/m1/s1. The Labute approximate surface area is 178 Å². The van der Waals surface area contributed by atoms with Crippen LogP contribution in [0.3, 0.4) is 0 Å². The molecule has 6 heteroatoms. The minimum absolute atomic E-state index is 0.0603. The van der Waals surface area contributed by atoms with E-state index in [1.807, 2.05) is 24.3 Å². The molecule has 0 unspecified atom stereocenters. The predicted octanol–water partition coefficient (Wildman–Crippen LogP) is 4.12. The molecule has 1 fully saturated rings. The van der Waals surface area contributed by atoms with Gasteiger partial charge in [-0.15, -0.1) is 0 Å². The Hall–Kier alpha value is -2.86. The van der Waals surface area contributed by atoms with E-state index in [4.69, 9.17) is 9.47 Å². The highest BCUT2D eigenvalue weighted by molar-refractivity contribution is 6.04. The number of ether oxygens (including phenoxy) is 2. The molecule has 0 radical (unpaired) electrons. The number of carbonyl (C=O) groups is 2. The average Bonchev–Trinajstić information content (AvgIpc) is 3.26. The van der Waals surface area contributed by atoms with Crippen molar-refractivity contribution in [2.75, 3.05) is 18.5 Å². The first-order chi connectivity index (χ1) is 14.5. The van der Waals surface area contributed by atoms with Gasteiger partial charge in [-0.3, -0.25) is 9.59 Å². The molecule has 2 N–H and O–H groups in total. The van der Waals surface area contributed by atoms with Crippen LogP contribution in [0.4, 0.5) is 5.69 Å². The van der Waals surface area contributed by atoms with Crippen molar-refractivity contribution in [3.05, 3.63) is 59.7 Å². The number of hydrogen-bond acceptors (Lipinski definition) is 4. The van der Waals surface area contributed by atoms with E-state index < -0.39 is 6.10 Å². The molecular weight excluding hydrogens is 380 g/mol. The van der Waals surface area contributed by atoms with Crippen LogP contribution in [-0.2, 0) is 9.53 Å². The molecule has 0 spiro atoms. The zero-order chi connectivity index (χ0) is 21.5. The molecule has 2 aromatic rings. The lowest BCUT2D eigenvalue weighted by Gasteiger charge is -2.19. The van der Waals surface area contributed by atoms with Gasteiger partial charge in [-0.25, -0.2) is 0 Å². The van der Waals surface area contributed by atoms with Gasteiger partial charge in [0.2, 0.25) is 0 Å². The smallest absolute Gasteiger partial charge is 0.265 e. The number of nitrogens with one attached hydrogen (secondary N) is 2. The second-order valence-corrected chi connectivity index (χ2v) is 7.83. The molecule has 6 nitrogen and oxygen atoms in total. The van der Waals surface area contributed by atoms with Gasteiger partial charge in [-0.2, -0.15) is 0 Å².